The standard InChI is InChI=1S/C17H16N4O2S/c22-16(19-9-10-23-14-6-2-1-3-7-14)15-12-20-17(24-15)21-13-5-4-8-18-11-13/h1-8,11-12H,9-10H2,(H,19,22)(H,20,21). The van der Waals surface area contributed by atoms with Crippen molar-refractivity contribution in [3.8, 4) is 5.75 Å². The highest BCUT2D eigenvalue weighted by molar-refractivity contribution is 7.17. The zero-order chi connectivity index (χ0) is 16.6. The van der Waals surface area contributed by atoms with E-state index in [1.807, 2.05) is 42.5 Å². The number of nitrogens with one attached hydrogen (secondary N) is 2. The maximum Gasteiger partial charge on any atom is 0.263 e. The number of aromatic nitrogens is 2. The van der Waals surface area contributed by atoms with Crippen LogP contribution in [0, 0.1) is 0 Å². The molecule has 3 aromatic rings. The van der Waals surface area contributed by atoms with E-state index < -0.39 is 0 Å². The number of ether oxygens (including phenoxy) is 1. The minimum atomic E-state index is -0.164. The number of rotatable bonds is 7. The molecule has 6 nitrogen and oxygen atoms in total. The lowest BCUT2D eigenvalue weighted by Crippen LogP contribution is -2.27. The summed E-state index contributed by atoms with van der Waals surface area (Å²) < 4.78 is 5.53. The minimum Gasteiger partial charge on any atom is -0.492 e. The smallest absolute Gasteiger partial charge is 0.263 e. The number of nitrogens with zero attached hydrogens (tertiary/aromatic N) is 2. The lowest BCUT2D eigenvalue weighted by atomic mass is 10.3. The summed E-state index contributed by atoms with van der Waals surface area (Å²) in [6.07, 6.45) is 4.95. The van der Waals surface area contributed by atoms with Gasteiger partial charge >= 0.3 is 0 Å². The van der Waals surface area contributed by atoms with Crippen molar-refractivity contribution in [2.75, 3.05) is 18.5 Å². The van der Waals surface area contributed by atoms with Gasteiger partial charge in [0.05, 0.1) is 24.6 Å². The third-order valence-corrected chi connectivity index (χ3v) is 3.95. The quantitative estimate of drug-likeness (QED) is 0.646. The van der Waals surface area contributed by atoms with E-state index in [-0.39, 0.29) is 5.91 Å². The summed E-state index contributed by atoms with van der Waals surface area (Å²) in [6, 6.07) is 13.2. The average molecular weight is 340 g/mol. The molecule has 2 N–H and O–H groups in total. The van der Waals surface area contributed by atoms with Crippen LogP contribution in [-0.2, 0) is 0 Å². The van der Waals surface area contributed by atoms with Gasteiger partial charge in [-0.1, -0.05) is 29.5 Å². The molecule has 0 saturated carbocycles. The molecule has 0 radical (unpaired) electrons. The highest BCUT2D eigenvalue weighted by atomic mass is 32.1. The SMILES string of the molecule is O=C(NCCOc1ccccc1)c1cnc(Nc2cccnc2)s1. The van der Waals surface area contributed by atoms with Gasteiger partial charge in [0.25, 0.3) is 5.91 Å². The van der Waals surface area contributed by atoms with Crippen LogP contribution in [0.25, 0.3) is 0 Å². The van der Waals surface area contributed by atoms with E-state index >= 15 is 0 Å². The molecule has 2 aromatic heterocycles. The Labute approximate surface area is 143 Å². The van der Waals surface area contributed by atoms with Gasteiger partial charge in [-0.2, -0.15) is 0 Å². The first-order chi connectivity index (χ1) is 11.8. The van der Waals surface area contributed by atoms with Gasteiger partial charge in [-0.05, 0) is 24.3 Å². The largest absolute Gasteiger partial charge is 0.492 e. The number of pyridine rings is 1. The number of anilines is 2. The van der Waals surface area contributed by atoms with Gasteiger partial charge < -0.3 is 15.4 Å². The third-order valence-electron chi connectivity index (χ3n) is 3.04. The Kier molecular flexibility index (Phi) is 5.36. The summed E-state index contributed by atoms with van der Waals surface area (Å²) in [4.78, 5) is 20.8. The third kappa shape index (κ3) is 4.53. The van der Waals surface area contributed by atoms with Gasteiger partial charge in [0.2, 0.25) is 0 Å². The average Bonchev–Trinajstić information content (AvgIpc) is 3.09. The number of amides is 1. The highest BCUT2D eigenvalue weighted by Gasteiger charge is 2.10. The number of hydrogen-bond acceptors (Lipinski definition) is 6. The lowest BCUT2D eigenvalue weighted by Gasteiger charge is -2.06. The number of para-hydroxylation sites is 1. The van der Waals surface area contributed by atoms with Crippen LogP contribution in [-0.4, -0.2) is 29.0 Å². The number of carbonyl (C=O) groups excluding carboxylic acids is 1. The molecule has 0 spiro atoms. The van der Waals surface area contributed by atoms with Crippen molar-refractivity contribution in [3.05, 3.63) is 65.9 Å². The summed E-state index contributed by atoms with van der Waals surface area (Å²) in [7, 11) is 0. The topological polar surface area (TPSA) is 76.1 Å². The summed E-state index contributed by atoms with van der Waals surface area (Å²) in [5.74, 6) is 0.621. The maximum absolute atomic E-state index is 12.1. The number of thiazole rings is 1. The molecule has 0 atom stereocenters. The molecule has 1 amide bonds. The van der Waals surface area contributed by atoms with Gasteiger partial charge in [0, 0.05) is 6.20 Å². The van der Waals surface area contributed by atoms with E-state index in [1.165, 1.54) is 11.3 Å². The molecule has 0 saturated heterocycles. The molecule has 2 heterocycles. The monoisotopic (exact) mass is 340 g/mol. The maximum atomic E-state index is 12.1. The molecule has 122 valence electrons. The Balaban J connectivity index is 1.45. The summed E-state index contributed by atoms with van der Waals surface area (Å²) in [5.41, 5.74) is 0.829. The summed E-state index contributed by atoms with van der Waals surface area (Å²) >= 11 is 1.29. The predicted molar refractivity (Wildman–Crippen MR) is 93.9 cm³/mol. The van der Waals surface area contributed by atoms with Crippen LogP contribution in [0.15, 0.2) is 61.1 Å². The van der Waals surface area contributed by atoms with Crippen molar-refractivity contribution in [1.82, 2.24) is 15.3 Å². The van der Waals surface area contributed by atoms with E-state index in [0.717, 1.165) is 11.4 Å². The van der Waals surface area contributed by atoms with Gasteiger partial charge in [0.15, 0.2) is 5.13 Å². The molecule has 0 aliphatic heterocycles. The second kappa shape index (κ2) is 8.07. The summed E-state index contributed by atoms with van der Waals surface area (Å²) in [6.45, 7) is 0.840. The van der Waals surface area contributed by atoms with Crippen molar-refractivity contribution < 1.29 is 9.53 Å². The normalized spacial score (nSPS) is 10.2. The molecular weight excluding hydrogens is 324 g/mol. The second-order valence-corrected chi connectivity index (χ2v) is 5.84. The second-order valence-electron chi connectivity index (χ2n) is 4.81. The van der Waals surface area contributed by atoms with E-state index in [9.17, 15) is 4.79 Å². The summed E-state index contributed by atoms with van der Waals surface area (Å²) in [5, 5.41) is 6.57. The molecule has 0 aliphatic carbocycles. The molecule has 0 unspecified atom stereocenters. The molecule has 3 rings (SSSR count). The Morgan fingerprint density at radius 1 is 1.12 bits per heavy atom. The molecular formula is C17H16N4O2S. The van der Waals surface area contributed by atoms with E-state index in [4.69, 9.17) is 4.74 Å². The van der Waals surface area contributed by atoms with Gasteiger partial charge in [-0.25, -0.2) is 4.98 Å². The Hall–Kier alpha value is -2.93. The van der Waals surface area contributed by atoms with Crippen LogP contribution in [0.2, 0.25) is 0 Å². The fourth-order valence-corrected chi connectivity index (χ4v) is 2.69. The Bertz CT molecular complexity index is 778. The van der Waals surface area contributed by atoms with Gasteiger partial charge in [0.1, 0.15) is 17.2 Å². The fraction of sp³-hybridized carbons (Fsp3) is 0.118. The predicted octanol–water partition coefficient (Wildman–Crippen LogP) is 3.09. The van der Waals surface area contributed by atoms with Crippen molar-refractivity contribution in [1.29, 1.82) is 0 Å². The minimum absolute atomic E-state index is 0.164. The van der Waals surface area contributed by atoms with E-state index in [2.05, 4.69) is 20.6 Å². The van der Waals surface area contributed by atoms with Crippen LogP contribution in [0.5, 0.6) is 5.75 Å². The fourth-order valence-electron chi connectivity index (χ4n) is 1.93. The van der Waals surface area contributed by atoms with Crippen LogP contribution < -0.4 is 15.4 Å². The lowest BCUT2D eigenvalue weighted by molar-refractivity contribution is 0.0951. The number of hydrogen-bond donors (Lipinski definition) is 2. The number of carbonyl (C=O) groups is 1. The van der Waals surface area contributed by atoms with Crippen LogP contribution in [0.4, 0.5) is 10.8 Å². The van der Waals surface area contributed by atoms with Gasteiger partial charge in [-0.15, -0.1) is 0 Å². The van der Waals surface area contributed by atoms with Crippen LogP contribution in [0.1, 0.15) is 9.67 Å². The molecule has 0 bridgehead atoms. The Morgan fingerprint density at radius 2 is 2.00 bits per heavy atom. The van der Waals surface area contributed by atoms with Crippen LogP contribution in [0.3, 0.4) is 0 Å². The molecule has 1 aromatic carbocycles. The highest BCUT2D eigenvalue weighted by Crippen LogP contribution is 2.21. The van der Waals surface area contributed by atoms with E-state index in [0.29, 0.717) is 23.2 Å². The number of benzene rings is 1. The van der Waals surface area contributed by atoms with Crippen molar-refractivity contribution in [2.45, 2.75) is 0 Å². The first-order valence-corrected chi connectivity index (χ1v) is 8.22. The van der Waals surface area contributed by atoms with Crippen LogP contribution >= 0.6 is 11.3 Å². The first-order valence-electron chi connectivity index (χ1n) is 7.40. The van der Waals surface area contributed by atoms with Gasteiger partial charge in [-0.3, -0.25) is 9.78 Å². The van der Waals surface area contributed by atoms with Crippen molar-refractivity contribution in [2.24, 2.45) is 0 Å². The zero-order valence-electron chi connectivity index (χ0n) is 12.8. The molecule has 0 aliphatic rings. The molecule has 7 heteroatoms. The zero-order valence-corrected chi connectivity index (χ0v) is 13.6. The van der Waals surface area contributed by atoms with E-state index in [1.54, 1.807) is 18.6 Å². The first kappa shape index (κ1) is 15.9. The molecule has 24 heavy (non-hydrogen) atoms. The van der Waals surface area contributed by atoms with Crippen molar-refractivity contribution >= 4 is 28.1 Å². The van der Waals surface area contributed by atoms with Crippen molar-refractivity contribution in [3.63, 3.8) is 0 Å². The molecule has 0 fully saturated rings. The Morgan fingerprint density at radius 3 is 2.79 bits per heavy atom.